The maximum Gasteiger partial charge on any atom is 0.573 e. The average molecular weight is 550 g/mol. The molecule has 39 heavy (non-hydrogen) atoms. The topological polar surface area (TPSA) is 108 Å². The van der Waals surface area contributed by atoms with Gasteiger partial charge in [-0.25, -0.2) is 9.97 Å². The van der Waals surface area contributed by atoms with Crippen LogP contribution in [0.1, 0.15) is 20.3 Å². The Kier molecular flexibility index (Phi) is 9.02. The summed E-state index contributed by atoms with van der Waals surface area (Å²) in [7, 11) is 0. The molecule has 1 aliphatic rings. The standard InChI is InChI=1S/C26H30F3N5O5/c1-17(2)31-22(35)16-34-24(18-5-3-6-19(13-18)39-26(27,28)29)32-23-21(25(34)36)14-20(15-30-23)38-10-4-7-33-8-11-37-12-9-33/h3,5-6,13-15,17H,4,7-12,16H2,1-2H3,(H,31,35). The predicted molar refractivity (Wildman–Crippen MR) is 137 cm³/mol. The summed E-state index contributed by atoms with van der Waals surface area (Å²) in [6, 6.07) is 6.37. The molecule has 1 amide bonds. The second-order valence-corrected chi connectivity index (χ2v) is 9.32. The van der Waals surface area contributed by atoms with Gasteiger partial charge in [0.05, 0.1) is 31.4 Å². The van der Waals surface area contributed by atoms with E-state index in [0.717, 1.165) is 42.8 Å². The van der Waals surface area contributed by atoms with Gasteiger partial charge in [-0.1, -0.05) is 12.1 Å². The molecule has 0 aliphatic carbocycles. The lowest BCUT2D eigenvalue weighted by Crippen LogP contribution is -2.37. The molecular formula is C26H30F3N5O5. The molecule has 0 bridgehead atoms. The Hall–Kier alpha value is -3.71. The number of carbonyl (C=O) groups is 1. The van der Waals surface area contributed by atoms with E-state index in [4.69, 9.17) is 9.47 Å². The normalized spacial score (nSPS) is 14.5. The summed E-state index contributed by atoms with van der Waals surface area (Å²) in [6.45, 7) is 7.58. The second-order valence-electron chi connectivity index (χ2n) is 9.32. The molecule has 3 aromatic rings. The van der Waals surface area contributed by atoms with E-state index in [1.807, 2.05) is 0 Å². The molecule has 2 aromatic heterocycles. The van der Waals surface area contributed by atoms with E-state index in [0.29, 0.717) is 25.6 Å². The zero-order valence-electron chi connectivity index (χ0n) is 21.7. The molecule has 1 N–H and O–H groups in total. The van der Waals surface area contributed by atoms with E-state index in [2.05, 4.69) is 24.9 Å². The van der Waals surface area contributed by atoms with Gasteiger partial charge in [0.2, 0.25) is 5.91 Å². The number of aromatic nitrogens is 3. The quantitative estimate of drug-likeness (QED) is 0.385. The summed E-state index contributed by atoms with van der Waals surface area (Å²) in [6.07, 6.45) is -2.69. The molecule has 1 aromatic carbocycles. The number of rotatable bonds is 10. The molecule has 0 unspecified atom stereocenters. The van der Waals surface area contributed by atoms with E-state index in [-0.39, 0.29) is 28.5 Å². The second kappa shape index (κ2) is 12.4. The first-order valence-corrected chi connectivity index (χ1v) is 12.6. The highest BCUT2D eigenvalue weighted by molar-refractivity contribution is 5.80. The van der Waals surface area contributed by atoms with Crippen LogP contribution in [-0.2, 0) is 16.1 Å². The Morgan fingerprint density at radius 3 is 2.67 bits per heavy atom. The van der Waals surface area contributed by atoms with Gasteiger partial charge < -0.3 is 19.5 Å². The fraction of sp³-hybridized carbons (Fsp3) is 0.462. The SMILES string of the molecule is CC(C)NC(=O)Cn1c(-c2cccc(OC(F)(F)F)c2)nc2ncc(OCCCN3CCOCC3)cc2c1=O. The number of pyridine rings is 1. The fourth-order valence-corrected chi connectivity index (χ4v) is 4.18. The molecule has 13 heteroatoms. The average Bonchev–Trinajstić information content (AvgIpc) is 2.87. The van der Waals surface area contributed by atoms with Crippen molar-refractivity contribution in [2.75, 3.05) is 39.5 Å². The van der Waals surface area contributed by atoms with E-state index >= 15 is 0 Å². The summed E-state index contributed by atoms with van der Waals surface area (Å²) in [5.74, 6) is -0.595. The molecule has 0 spiro atoms. The maximum atomic E-state index is 13.6. The van der Waals surface area contributed by atoms with Crippen LogP contribution in [0, 0.1) is 0 Å². The summed E-state index contributed by atoms with van der Waals surface area (Å²) in [5.41, 5.74) is -0.362. The third kappa shape index (κ3) is 7.90. The molecule has 3 heterocycles. The van der Waals surface area contributed by atoms with Crippen LogP contribution in [0.2, 0.25) is 0 Å². The third-order valence-corrected chi connectivity index (χ3v) is 5.85. The van der Waals surface area contributed by atoms with Gasteiger partial charge in [-0.2, -0.15) is 0 Å². The molecule has 210 valence electrons. The number of halogens is 3. The van der Waals surface area contributed by atoms with Crippen molar-refractivity contribution >= 4 is 16.9 Å². The molecule has 0 saturated carbocycles. The Morgan fingerprint density at radius 2 is 1.95 bits per heavy atom. The van der Waals surface area contributed by atoms with Crippen molar-refractivity contribution in [1.29, 1.82) is 0 Å². The van der Waals surface area contributed by atoms with Crippen LogP contribution in [-0.4, -0.2) is 77.2 Å². The van der Waals surface area contributed by atoms with E-state index < -0.39 is 30.1 Å². The third-order valence-electron chi connectivity index (χ3n) is 5.85. The van der Waals surface area contributed by atoms with Crippen molar-refractivity contribution in [2.45, 2.75) is 39.2 Å². The van der Waals surface area contributed by atoms with Gasteiger partial charge in [-0.3, -0.25) is 19.1 Å². The number of hydrogen-bond donors (Lipinski definition) is 1. The van der Waals surface area contributed by atoms with Gasteiger partial charge in [-0.05, 0) is 38.5 Å². The number of nitrogens with zero attached hydrogens (tertiary/aromatic N) is 4. The van der Waals surface area contributed by atoms with Crippen LogP contribution in [0.5, 0.6) is 11.5 Å². The summed E-state index contributed by atoms with van der Waals surface area (Å²) in [4.78, 5) is 37.1. The zero-order chi connectivity index (χ0) is 28.0. The number of amides is 1. The Morgan fingerprint density at radius 1 is 1.18 bits per heavy atom. The number of benzene rings is 1. The predicted octanol–water partition coefficient (Wildman–Crippen LogP) is 2.98. The number of morpholine rings is 1. The molecule has 1 fully saturated rings. The van der Waals surface area contributed by atoms with Crippen LogP contribution in [0.3, 0.4) is 0 Å². The Balaban J connectivity index is 1.63. The van der Waals surface area contributed by atoms with Crippen molar-refractivity contribution < 1.29 is 32.2 Å². The minimum Gasteiger partial charge on any atom is -0.492 e. The zero-order valence-corrected chi connectivity index (χ0v) is 21.7. The summed E-state index contributed by atoms with van der Waals surface area (Å²) in [5, 5.41) is 2.82. The van der Waals surface area contributed by atoms with Gasteiger partial charge in [0.1, 0.15) is 23.9 Å². The highest BCUT2D eigenvalue weighted by Gasteiger charge is 2.31. The Labute approximate surface area is 222 Å². The highest BCUT2D eigenvalue weighted by atomic mass is 19.4. The van der Waals surface area contributed by atoms with Crippen LogP contribution < -0.4 is 20.3 Å². The van der Waals surface area contributed by atoms with Gasteiger partial charge in [0, 0.05) is 31.2 Å². The van der Waals surface area contributed by atoms with E-state index in [1.54, 1.807) is 13.8 Å². The van der Waals surface area contributed by atoms with Crippen LogP contribution in [0.15, 0.2) is 41.3 Å². The number of alkyl halides is 3. The maximum absolute atomic E-state index is 13.6. The van der Waals surface area contributed by atoms with Crippen LogP contribution in [0.4, 0.5) is 13.2 Å². The van der Waals surface area contributed by atoms with Gasteiger partial charge in [0.15, 0.2) is 5.65 Å². The van der Waals surface area contributed by atoms with E-state index in [1.165, 1.54) is 24.4 Å². The molecule has 4 rings (SSSR count). The minimum absolute atomic E-state index is 0.0225. The first-order valence-electron chi connectivity index (χ1n) is 12.6. The van der Waals surface area contributed by atoms with Crippen molar-refractivity contribution in [2.24, 2.45) is 0 Å². The largest absolute Gasteiger partial charge is 0.573 e. The monoisotopic (exact) mass is 549 g/mol. The Bertz CT molecular complexity index is 1360. The van der Waals surface area contributed by atoms with Crippen molar-refractivity contribution in [3.8, 4) is 22.9 Å². The lowest BCUT2D eigenvalue weighted by atomic mass is 10.2. The summed E-state index contributed by atoms with van der Waals surface area (Å²) >= 11 is 0. The highest BCUT2D eigenvalue weighted by Crippen LogP contribution is 2.28. The lowest BCUT2D eigenvalue weighted by molar-refractivity contribution is -0.274. The van der Waals surface area contributed by atoms with Crippen molar-refractivity contribution in [3.05, 3.63) is 46.9 Å². The smallest absolute Gasteiger partial charge is 0.492 e. The van der Waals surface area contributed by atoms with E-state index in [9.17, 15) is 22.8 Å². The van der Waals surface area contributed by atoms with Crippen molar-refractivity contribution in [3.63, 3.8) is 0 Å². The first kappa shape index (κ1) is 28.3. The van der Waals surface area contributed by atoms with Gasteiger partial charge in [-0.15, -0.1) is 13.2 Å². The minimum atomic E-state index is -4.90. The van der Waals surface area contributed by atoms with Crippen LogP contribution >= 0.6 is 0 Å². The number of hydrogen-bond acceptors (Lipinski definition) is 8. The summed E-state index contributed by atoms with van der Waals surface area (Å²) < 4.78 is 54.7. The molecule has 0 radical (unpaired) electrons. The molecule has 1 aliphatic heterocycles. The number of ether oxygens (including phenoxy) is 3. The molecule has 1 saturated heterocycles. The molecular weight excluding hydrogens is 519 g/mol. The first-order chi connectivity index (χ1) is 18.6. The van der Waals surface area contributed by atoms with Gasteiger partial charge >= 0.3 is 6.36 Å². The number of carbonyl (C=O) groups excluding carboxylic acids is 1. The van der Waals surface area contributed by atoms with Crippen LogP contribution in [0.25, 0.3) is 22.4 Å². The van der Waals surface area contributed by atoms with Gasteiger partial charge in [0.25, 0.3) is 5.56 Å². The molecule has 0 atom stereocenters. The number of nitrogens with one attached hydrogen (secondary N) is 1. The lowest BCUT2D eigenvalue weighted by Gasteiger charge is -2.26. The number of fused-ring (bicyclic) bond motifs is 1. The van der Waals surface area contributed by atoms with Crippen molar-refractivity contribution in [1.82, 2.24) is 24.8 Å². The molecule has 10 nitrogen and oxygen atoms in total. The fourth-order valence-electron chi connectivity index (χ4n) is 4.18.